The van der Waals surface area contributed by atoms with Gasteiger partial charge in [-0.05, 0) is 42.0 Å². The van der Waals surface area contributed by atoms with Crippen LogP contribution < -0.4 is 0 Å². The van der Waals surface area contributed by atoms with Crippen molar-refractivity contribution in [3.05, 3.63) is 69.7 Å². The van der Waals surface area contributed by atoms with Crippen LogP contribution in [-0.2, 0) is 16.1 Å². The largest absolute Gasteiger partial charge is 0.274 e. The molecule has 32 heavy (non-hydrogen) atoms. The first-order valence-electron chi connectivity index (χ1n) is 10.3. The third kappa shape index (κ3) is 3.35. The van der Waals surface area contributed by atoms with Gasteiger partial charge in [-0.1, -0.05) is 85.4 Å². The highest BCUT2D eigenvalue weighted by Crippen LogP contribution is 2.60. The van der Waals surface area contributed by atoms with Gasteiger partial charge >= 0.3 is 0 Å². The van der Waals surface area contributed by atoms with E-state index in [1.165, 1.54) is 5.01 Å². The summed E-state index contributed by atoms with van der Waals surface area (Å²) in [6.07, 6.45) is 0.815. The number of nitrogens with zero attached hydrogens (tertiary/aromatic N) is 2. The second-order valence-corrected chi connectivity index (χ2v) is 11.4. The molecule has 5 rings (SSSR count). The molecule has 1 aliphatic heterocycles. The fourth-order valence-electron chi connectivity index (χ4n) is 5.37. The summed E-state index contributed by atoms with van der Waals surface area (Å²) in [5.41, 5.74) is 0.852. The van der Waals surface area contributed by atoms with Crippen LogP contribution in [0.3, 0.4) is 0 Å². The van der Waals surface area contributed by atoms with E-state index in [9.17, 15) is 14.4 Å². The Bertz CT molecular complexity index is 1100. The van der Waals surface area contributed by atoms with Crippen molar-refractivity contribution < 1.29 is 14.4 Å². The van der Waals surface area contributed by atoms with Gasteiger partial charge in [-0.15, -0.1) is 0 Å². The average molecular weight is 601 g/mol. The smallest absolute Gasteiger partial charge is 0.272 e. The first kappa shape index (κ1) is 22.4. The SMILES string of the molecule is O=C(c1ccccc1Cl)N(Cc1ccccc1Cl)N1C(=O)[C@@H]2[C@H]3C[C@@H]([C@H](Br)[C@H]3Br)[C@H]2C1=O. The van der Waals surface area contributed by atoms with Crippen molar-refractivity contribution in [1.29, 1.82) is 0 Å². The van der Waals surface area contributed by atoms with E-state index in [-0.39, 0.29) is 50.4 Å². The summed E-state index contributed by atoms with van der Waals surface area (Å²) in [4.78, 5) is 41.0. The van der Waals surface area contributed by atoms with Crippen molar-refractivity contribution in [2.24, 2.45) is 23.7 Å². The monoisotopic (exact) mass is 598 g/mol. The fourth-order valence-corrected chi connectivity index (χ4v) is 7.65. The number of alkyl halides is 2. The molecule has 0 N–H and O–H groups in total. The summed E-state index contributed by atoms with van der Waals surface area (Å²) >= 11 is 20.0. The van der Waals surface area contributed by atoms with E-state index in [0.29, 0.717) is 10.6 Å². The first-order chi connectivity index (χ1) is 15.3. The molecular weight excluding hydrogens is 583 g/mol. The van der Waals surface area contributed by atoms with Gasteiger partial charge in [-0.25, -0.2) is 5.01 Å². The maximum absolute atomic E-state index is 13.6. The standard InChI is InChI=1S/C23H18Br2Cl2N2O3/c24-19-13-9-14(20(19)25)18-17(13)22(31)29(23(18)32)28(10-11-5-1-3-7-15(11)26)21(30)12-6-2-4-8-16(12)27/h1-8,13-14,17-20H,9-10H2/t13-,14-,17-,18-,19+,20+/m1/s1. The van der Waals surface area contributed by atoms with Crippen LogP contribution in [0.4, 0.5) is 0 Å². The zero-order chi connectivity index (χ0) is 22.7. The van der Waals surface area contributed by atoms with E-state index in [0.717, 1.165) is 11.4 Å². The third-order valence-corrected chi connectivity index (χ3v) is 10.7. The van der Waals surface area contributed by atoms with Crippen molar-refractivity contribution in [3.63, 3.8) is 0 Å². The van der Waals surface area contributed by atoms with E-state index in [2.05, 4.69) is 31.9 Å². The molecule has 0 aromatic heterocycles. The second kappa shape index (κ2) is 8.42. The van der Waals surface area contributed by atoms with Gasteiger partial charge in [0.1, 0.15) is 0 Å². The molecule has 3 aliphatic rings. The molecule has 0 unspecified atom stereocenters. The zero-order valence-corrected chi connectivity index (χ0v) is 21.3. The Hall–Kier alpha value is -1.41. The number of hydrogen-bond donors (Lipinski definition) is 0. The van der Waals surface area contributed by atoms with Crippen LogP contribution in [0.25, 0.3) is 0 Å². The van der Waals surface area contributed by atoms with Gasteiger partial charge in [0.15, 0.2) is 0 Å². The minimum Gasteiger partial charge on any atom is -0.272 e. The van der Waals surface area contributed by atoms with Gasteiger partial charge in [0.25, 0.3) is 17.7 Å². The Balaban J connectivity index is 1.56. The molecule has 2 aromatic rings. The third-order valence-electron chi connectivity index (χ3n) is 6.82. The Morgan fingerprint density at radius 1 is 0.906 bits per heavy atom. The van der Waals surface area contributed by atoms with E-state index in [1.807, 2.05) is 0 Å². The molecule has 0 radical (unpaired) electrons. The fraction of sp³-hybridized carbons (Fsp3) is 0.348. The molecule has 0 spiro atoms. The lowest BCUT2D eigenvalue weighted by Gasteiger charge is -2.32. The molecule has 2 aromatic carbocycles. The highest BCUT2D eigenvalue weighted by Gasteiger charge is 2.67. The van der Waals surface area contributed by atoms with Crippen LogP contribution in [0, 0.1) is 23.7 Å². The summed E-state index contributed by atoms with van der Waals surface area (Å²) in [7, 11) is 0. The summed E-state index contributed by atoms with van der Waals surface area (Å²) < 4.78 is 0. The van der Waals surface area contributed by atoms with Crippen LogP contribution in [0.15, 0.2) is 48.5 Å². The van der Waals surface area contributed by atoms with Crippen LogP contribution in [0.2, 0.25) is 10.0 Å². The number of carbonyl (C=O) groups excluding carboxylic acids is 3. The molecule has 166 valence electrons. The van der Waals surface area contributed by atoms with Crippen LogP contribution in [0.5, 0.6) is 0 Å². The number of carbonyl (C=O) groups is 3. The molecule has 1 heterocycles. The van der Waals surface area contributed by atoms with Crippen molar-refractivity contribution in [3.8, 4) is 0 Å². The topological polar surface area (TPSA) is 57.7 Å². The first-order valence-corrected chi connectivity index (χ1v) is 12.9. The predicted molar refractivity (Wildman–Crippen MR) is 129 cm³/mol. The molecular formula is C23H18Br2Cl2N2O3. The molecule has 2 bridgehead atoms. The normalized spacial score (nSPS) is 30.7. The van der Waals surface area contributed by atoms with Gasteiger partial charge < -0.3 is 0 Å². The zero-order valence-electron chi connectivity index (χ0n) is 16.6. The summed E-state index contributed by atoms with van der Waals surface area (Å²) in [5, 5.41) is 2.96. The number of halogens is 4. The highest BCUT2D eigenvalue weighted by molar-refractivity contribution is 9.12. The molecule has 3 amide bonds. The molecule has 9 heteroatoms. The Morgan fingerprint density at radius 3 is 2.00 bits per heavy atom. The van der Waals surface area contributed by atoms with Crippen LogP contribution in [-0.4, -0.2) is 37.4 Å². The maximum Gasteiger partial charge on any atom is 0.274 e. The van der Waals surface area contributed by atoms with Crippen molar-refractivity contribution >= 4 is 72.8 Å². The molecule has 3 fully saturated rings. The number of benzene rings is 2. The Labute approximate surface area is 212 Å². The van der Waals surface area contributed by atoms with E-state index in [4.69, 9.17) is 23.2 Å². The maximum atomic E-state index is 13.6. The number of amides is 3. The minimum atomic E-state index is -0.518. The van der Waals surface area contributed by atoms with Crippen LogP contribution in [0.1, 0.15) is 22.3 Å². The predicted octanol–water partition coefficient (Wildman–Crippen LogP) is 5.33. The molecule has 1 saturated heterocycles. The quantitative estimate of drug-likeness (QED) is 0.352. The lowest BCUT2D eigenvalue weighted by molar-refractivity contribution is -0.156. The lowest BCUT2D eigenvalue weighted by Crippen LogP contribution is -2.50. The highest BCUT2D eigenvalue weighted by atomic mass is 79.9. The van der Waals surface area contributed by atoms with Gasteiger partial charge in [0.2, 0.25) is 0 Å². The van der Waals surface area contributed by atoms with Gasteiger partial charge in [-0.2, -0.15) is 5.01 Å². The van der Waals surface area contributed by atoms with Crippen molar-refractivity contribution in [2.45, 2.75) is 22.6 Å². The molecule has 6 atom stereocenters. The number of fused-ring (bicyclic) bond motifs is 5. The van der Waals surface area contributed by atoms with Gasteiger partial charge in [0.05, 0.1) is 29.0 Å². The second-order valence-electron chi connectivity index (χ2n) is 8.43. The summed E-state index contributed by atoms with van der Waals surface area (Å²) in [6, 6.07) is 13.7. The van der Waals surface area contributed by atoms with Gasteiger partial charge in [0, 0.05) is 14.7 Å². The Morgan fingerprint density at radius 2 is 1.44 bits per heavy atom. The van der Waals surface area contributed by atoms with Crippen LogP contribution >= 0.6 is 55.1 Å². The summed E-state index contributed by atoms with van der Waals surface area (Å²) in [6.45, 7) is -0.0224. The molecule has 2 saturated carbocycles. The average Bonchev–Trinajstić information content (AvgIpc) is 3.38. The number of hydrazine groups is 1. The molecule has 2 aliphatic carbocycles. The number of hydrogen-bond acceptors (Lipinski definition) is 3. The lowest BCUT2D eigenvalue weighted by atomic mass is 9.81. The van der Waals surface area contributed by atoms with E-state index < -0.39 is 17.7 Å². The van der Waals surface area contributed by atoms with E-state index in [1.54, 1.807) is 48.5 Å². The van der Waals surface area contributed by atoms with Gasteiger partial charge in [-0.3, -0.25) is 14.4 Å². The molecule has 5 nitrogen and oxygen atoms in total. The van der Waals surface area contributed by atoms with Crippen molar-refractivity contribution in [1.82, 2.24) is 10.0 Å². The van der Waals surface area contributed by atoms with Crippen molar-refractivity contribution in [2.75, 3.05) is 0 Å². The summed E-state index contributed by atoms with van der Waals surface area (Å²) in [5.74, 6) is -1.94. The number of imide groups is 1. The number of rotatable bonds is 4. The Kier molecular flexibility index (Phi) is 5.89. The van der Waals surface area contributed by atoms with E-state index >= 15 is 0 Å². The minimum absolute atomic E-state index is 0.0224.